The fourth-order valence-corrected chi connectivity index (χ4v) is 1.94. The first-order chi connectivity index (χ1) is 7.61. The van der Waals surface area contributed by atoms with Crippen LogP contribution in [-0.4, -0.2) is 21.1 Å². The molecule has 0 aliphatic heterocycles. The van der Waals surface area contributed by atoms with Gasteiger partial charge in [0, 0.05) is 17.9 Å². The van der Waals surface area contributed by atoms with Crippen molar-refractivity contribution in [3.63, 3.8) is 0 Å². The van der Waals surface area contributed by atoms with Gasteiger partial charge in [0.25, 0.3) is 0 Å². The van der Waals surface area contributed by atoms with E-state index >= 15 is 0 Å². The Morgan fingerprint density at radius 2 is 2.31 bits per heavy atom. The lowest BCUT2D eigenvalue weighted by atomic mass is 10.3. The maximum absolute atomic E-state index is 13.0. The maximum atomic E-state index is 13.0. The highest BCUT2D eigenvalue weighted by atomic mass is 32.2. The van der Waals surface area contributed by atoms with Crippen molar-refractivity contribution in [2.75, 3.05) is 12.0 Å². The number of rotatable bonds is 3. The molecule has 0 aliphatic carbocycles. The van der Waals surface area contributed by atoms with Crippen LogP contribution in [0.4, 0.5) is 10.3 Å². The topological polar surface area (TPSA) is 43.8 Å². The van der Waals surface area contributed by atoms with Crippen LogP contribution < -0.4 is 5.73 Å². The van der Waals surface area contributed by atoms with Crippen molar-refractivity contribution in [3.05, 3.63) is 24.0 Å². The quantitative estimate of drug-likeness (QED) is 0.895. The number of benzene rings is 1. The second-order valence-corrected chi connectivity index (χ2v) is 5.04. The summed E-state index contributed by atoms with van der Waals surface area (Å²) in [6, 6.07) is 4.57. The molecule has 0 spiro atoms. The number of nitrogens with two attached hydrogens (primary N) is 1. The molecule has 3 nitrogen and oxygen atoms in total. The molecule has 1 aromatic heterocycles. The summed E-state index contributed by atoms with van der Waals surface area (Å²) in [5.41, 5.74) is 7.33. The van der Waals surface area contributed by atoms with E-state index in [1.54, 1.807) is 17.8 Å². The number of fused-ring (bicyclic) bond motifs is 1. The Kier molecular flexibility index (Phi) is 3.05. The predicted octanol–water partition coefficient (Wildman–Crippen LogP) is 2.51. The molecule has 5 heteroatoms. The van der Waals surface area contributed by atoms with Gasteiger partial charge < -0.3 is 10.3 Å². The zero-order chi connectivity index (χ0) is 11.7. The van der Waals surface area contributed by atoms with Crippen LogP contribution in [0.1, 0.15) is 6.92 Å². The molecule has 16 heavy (non-hydrogen) atoms. The van der Waals surface area contributed by atoms with Crippen LogP contribution in [-0.2, 0) is 6.54 Å². The summed E-state index contributed by atoms with van der Waals surface area (Å²) >= 11 is 1.77. The lowest BCUT2D eigenvalue weighted by Crippen LogP contribution is -2.11. The van der Waals surface area contributed by atoms with E-state index in [4.69, 9.17) is 5.73 Å². The second-order valence-electron chi connectivity index (χ2n) is 3.76. The molecule has 1 atom stereocenters. The van der Waals surface area contributed by atoms with E-state index in [1.165, 1.54) is 12.1 Å². The summed E-state index contributed by atoms with van der Waals surface area (Å²) in [6.45, 7) is 2.91. The Hall–Kier alpha value is -1.23. The summed E-state index contributed by atoms with van der Waals surface area (Å²) in [4.78, 5) is 4.15. The third-order valence-corrected chi connectivity index (χ3v) is 3.54. The van der Waals surface area contributed by atoms with Gasteiger partial charge in [0.15, 0.2) is 0 Å². The van der Waals surface area contributed by atoms with Crippen LogP contribution in [0.15, 0.2) is 18.2 Å². The molecule has 1 aromatic carbocycles. The first kappa shape index (κ1) is 11.3. The van der Waals surface area contributed by atoms with Gasteiger partial charge in [-0.05, 0) is 18.4 Å². The minimum Gasteiger partial charge on any atom is -0.369 e. The summed E-state index contributed by atoms with van der Waals surface area (Å²) in [5.74, 6) is 0.163. The summed E-state index contributed by atoms with van der Waals surface area (Å²) in [7, 11) is 0. The van der Waals surface area contributed by atoms with Gasteiger partial charge in [-0.25, -0.2) is 9.37 Å². The standard InChI is InChI=1S/C11H14FN3S/c1-7(16-2)6-15-10-4-3-8(12)5-9(10)14-11(15)13/h3-5,7H,6H2,1-2H3,(H2,13,14). The molecule has 2 N–H and O–H groups in total. The number of anilines is 1. The number of imidazole rings is 1. The number of hydrogen-bond acceptors (Lipinski definition) is 3. The number of halogens is 1. The van der Waals surface area contributed by atoms with E-state index in [0.29, 0.717) is 16.7 Å². The van der Waals surface area contributed by atoms with Crippen molar-refractivity contribution in [2.24, 2.45) is 0 Å². The largest absolute Gasteiger partial charge is 0.369 e. The van der Waals surface area contributed by atoms with Gasteiger partial charge in [-0.3, -0.25) is 0 Å². The molecule has 0 amide bonds. The Labute approximate surface area is 97.8 Å². The predicted molar refractivity (Wildman–Crippen MR) is 67.1 cm³/mol. The smallest absolute Gasteiger partial charge is 0.201 e. The summed E-state index contributed by atoms with van der Waals surface area (Å²) in [5, 5.41) is 0.449. The molecular weight excluding hydrogens is 225 g/mol. The highest BCUT2D eigenvalue weighted by Crippen LogP contribution is 2.21. The van der Waals surface area contributed by atoms with Gasteiger partial charge in [0.05, 0.1) is 11.0 Å². The molecule has 0 aliphatic rings. The number of nitrogen functional groups attached to an aromatic ring is 1. The molecule has 0 radical (unpaired) electrons. The van der Waals surface area contributed by atoms with Crippen LogP contribution in [0.25, 0.3) is 11.0 Å². The number of hydrogen-bond donors (Lipinski definition) is 1. The lowest BCUT2D eigenvalue weighted by Gasteiger charge is -2.11. The number of thioether (sulfide) groups is 1. The molecule has 2 aromatic rings. The molecule has 0 bridgehead atoms. The SMILES string of the molecule is CSC(C)Cn1c(N)nc2cc(F)ccc21. The highest BCUT2D eigenvalue weighted by molar-refractivity contribution is 7.99. The summed E-state index contributed by atoms with van der Waals surface area (Å²) < 4.78 is 14.9. The van der Waals surface area contributed by atoms with Crippen LogP contribution in [0.2, 0.25) is 0 Å². The van der Waals surface area contributed by atoms with Crippen LogP contribution in [0.5, 0.6) is 0 Å². The Morgan fingerprint density at radius 3 is 3.00 bits per heavy atom. The van der Waals surface area contributed by atoms with E-state index in [1.807, 2.05) is 4.57 Å². The highest BCUT2D eigenvalue weighted by Gasteiger charge is 2.11. The molecule has 0 saturated carbocycles. The van der Waals surface area contributed by atoms with Crippen molar-refractivity contribution in [3.8, 4) is 0 Å². The third kappa shape index (κ3) is 2.00. The lowest BCUT2D eigenvalue weighted by molar-refractivity contribution is 0.629. The third-order valence-electron chi connectivity index (χ3n) is 2.58. The van der Waals surface area contributed by atoms with Crippen molar-refractivity contribution in [2.45, 2.75) is 18.7 Å². The molecule has 86 valence electrons. The van der Waals surface area contributed by atoms with E-state index in [2.05, 4.69) is 18.2 Å². The van der Waals surface area contributed by atoms with Crippen molar-refractivity contribution in [1.29, 1.82) is 0 Å². The van der Waals surface area contributed by atoms with Gasteiger partial charge in [-0.1, -0.05) is 6.92 Å². The first-order valence-corrected chi connectivity index (χ1v) is 6.34. The zero-order valence-corrected chi connectivity index (χ0v) is 10.1. The second kappa shape index (κ2) is 4.33. The molecule has 0 fully saturated rings. The minimum absolute atomic E-state index is 0.282. The minimum atomic E-state index is -0.282. The van der Waals surface area contributed by atoms with Crippen molar-refractivity contribution >= 4 is 28.7 Å². The fraction of sp³-hybridized carbons (Fsp3) is 0.364. The average Bonchev–Trinajstić information content (AvgIpc) is 2.54. The number of nitrogens with zero attached hydrogens (tertiary/aromatic N) is 2. The van der Waals surface area contributed by atoms with E-state index in [9.17, 15) is 4.39 Å². The normalized spacial score (nSPS) is 13.2. The maximum Gasteiger partial charge on any atom is 0.201 e. The van der Waals surface area contributed by atoms with Gasteiger partial charge >= 0.3 is 0 Å². The first-order valence-electron chi connectivity index (χ1n) is 5.06. The van der Waals surface area contributed by atoms with Crippen LogP contribution in [0, 0.1) is 5.82 Å². The molecule has 1 heterocycles. The van der Waals surface area contributed by atoms with E-state index in [0.717, 1.165) is 12.1 Å². The van der Waals surface area contributed by atoms with Gasteiger partial charge in [0.1, 0.15) is 5.82 Å². The monoisotopic (exact) mass is 239 g/mol. The van der Waals surface area contributed by atoms with Crippen molar-refractivity contribution in [1.82, 2.24) is 9.55 Å². The zero-order valence-electron chi connectivity index (χ0n) is 9.27. The molecular formula is C11H14FN3S. The Morgan fingerprint density at radius 1 is 1.56 bits per heavy atom. The van der Waals surface area contributed by atoms with E-state index in [-0.39, 0.29) is 5.82 Å². The average molecular weight is 239 g/mol. The Balaban J connectivity index is 2.47. The molecule has 0 saturated heterocycles. The fourth-order valence-electron chi connectivity index (χ4n) is 1.65. The van der Waals surface area contributed by atoms with Gasteiger partial charge in [-0.2, -0.15) is 11.8 Å². The number of aromatic nitrogens is 2. The molecule has 2 rings (SSSR count). The van der Waals surface area contributed by atoms with Crippen LogP contribution >= 0.6 is 11.8 Å². The summed E-state index contributed by atoms with van der Waals surface area (Å²) in [6.07, 6.45) is 2.06. The van der Waals surface area contributed by atoms with E-state index < -0.39 is 0 Å². The molecule has 1 unspecified atom stereocenters. The van der Waals surface area contributed by atoms with Crippen LogP contribution in [0.3, 0.4) is 0 Å². The van der Waals surface area contributed by atoms with Crippen molar-refractivity contribution < 1.29 is 4.39 Å². The Bertz CT molecular complexity index is 509. The van der Waals surface area contributed by atoms with Gasteiger partial charge in [0.2, 0.25) is 5.95 Å². The van der Waals surface area contributed by atoms with Gasteiger partial charge in [-0.15, -0.1) is 0 Å².